The number of halogens is 1. The van der Waals surface area contributed by atoms with Gasteiger partial charge in [-0.3, -0.25) is 0 Å². The summed E-state index contributed by atoms with van der Waals surface area (Å²) in [7, 11) is 0. The second-order valence-corrected chi connectivity index (χ2v) is 6.36. The molecule has 3 rings (SSSR count). The number of piperidine rings is 1. The summed E-state index contributed by atoms with van der Waals surface area (Å²) in [5.74, 6) is 0. The van der Waals surface area contributed by atoms with Crippen molar-refractivity contribution in [3.63, 3.8) is 0 Å². The lowest BCUT2D eigenvalue weighted by Crippen LogP contribution is -2.48. The molecule has 0 atom stereocenters. The van der Waals surface area contributed by atoms with E-state index >= 15 is 0 Å². The maximum Gasteiger partial charge on any atom is 0.317 e. The van der Waals surface area contributed by atoms with Crippen LogP contribution in [0.3, 0.4) is 0 Å². The van der Waals surface area contributed by atoms with Crippen LogP contribution in [-0.4, -0.2) is 46.1 Å². The maximum atomic E-state index is 12.2. The molecule has 1 aromatic rings. The first-order valence-corrected chi connectivity index (χ1v) is 8.28. The maximum absolute atomic E-state index is 12.2. The lowest BCUT2D eigenvalue weighted by atomic mass is 10.1. The Kier molecular flexibility index (Phi) is 4.97. The van der Waals surface area contributed by atoms with Crippen LogP contribution in [0, 0.1) is 0 Å². The predicted octanol–water partition coefficient (Wildman–Crippen LogP) is 2.63. The van der Waals surface area contributed by atoms with Crippen molar-refractivity contribution in [3.8, 4) is 6.01 Å². The number of aromatic nitrogens is 2. The summed E-state index contributed by atoms with van der Waals surface area (Å²) in [6.45, 7) is 1.41. The van der Waals surface area contributed by atoms with Gasteiger partial charge in [0.05, 0.1) is 17.4 Å². The third kappa shape index (κ3) is 4.00. The molecule has 1 saturated carbocycles. The third-order valence-corrected chi connectivity index (χ3v) is 4.48. The monoisotopic (exact) mass is 324 g/mol. The van der Waals surface area contributed by atoms with E-state index in [-0.39, 0.29) is 12.1 Å². The first kappa shape index (κ1) is 15.3. The standard InChI is InChI=1S/C15H21ClN4O2/c16-11-9-17-14(18-10-11)22-13-5-7-20(8-6-13)15(21)19-12-3-1-2-4-12/h9-10,12-13H,1-8H2,(H,19,21). The topological polar surface area (TPSA) is 67.4 Å². The molecule has 0 radical (unpaired) electrons. The Morgan fingerprint density at radius 2 is 1.82 bits per heavy atom. The van der Waals surface area contributed by atoms with E-state index in [4.69, 9.17) is 16.3 Å². The van der Waals surface area contributed by atoms with Crippen molar-refractivity contribution in [2.24, 2.45) is 0 Å². The van der Waals surface area contributed by atoms with Crippen molar-refractivity contribution < 1.29 is 9.53 Å². The van der Waals surface area contributed by atoms with Crippen molar-refractivity contribution in [1.82, 2.24) is 20.2 Å². The zero-order valence-corrected chi connectivity index (χ0v) is 13.3. The molecule has 1 aliphatic carbocycles. The summed E-state index contributed by atoms with van der Waals surface area (Å²) in [6.07, 6.45) is 9.36. The molecule has 1 aromatic heterocycles. The number of nitrogens with zero attached hydrogens (tertiary/aromatic N) is 3. The van der Waals surface area contributed by atoms with Crippen molar-refractivity contribution in [3.05, 3.63) is 17.4 Å². The Hall–Kier alpha value is -1.56. The second-order valence-electron chi connectivity index (χ2n) is 5.92. The Morgan fingerprint density at radius 1 is 1.18 bits per heavy atom. The van der Waals surface area contributed by atoms with Gasteiger partial charge in [-0.2, -0.15) is 0 Å². The average Bonchev–Trinajstić information content (AvgIpc) is 3.03. The normalized spacial score (nSPS) is 20.1. The molecule has 0 bridgehead atoms. The van der Waals surface area contributed by atoms with E-state index < -0.39 is 0 Å². The van der Waals surface area contributed by atoms with Crippen molar-refractivity contribution in [2.45, 2.75) is 50.7 Å². The average molecular weight is 325 g/mol. The van der Waals surface area contributed by atoms with Gasteiger partial charge in [0, 0.05) is 32.0 Å². The zero-order valence-electron chi connectivity index (χ0n) is 12.5. The molecule has 6 nitrogen and oxygen atoms in total. The van der Waals surface area contributed by atoms with E-state index in [0.29, 0.717) is 30.2 Å². The van der Waals surface area contributed by atoms with Crippen molar-refractivity contribution in [2.75, 3.05) is 13.1 Å². The number of urea groups is 1. The molecule has 1 N–H and O–H groups in total. The lowest BCUT2D eigenvalue weighted by molar-refractivity contribution is 0.102. The van der Waals surface area contributed by atoms with Crippen LogP contribution >= 0.6 is 11.6 Å². The molecule has 2 aliphatic rings. The Labute approximate surface area is 135 Å². The quantitative estimate of drug-likeness (QED) is 0.928. The van der Waals surface area contributed by atoms with Gasteiger partial charge in [-0.15, -0.1) is 0 Å². The Morgan fingerprint density at radius 3 is 2.45 bits per heavy atom. The van der Waals surface area contributed by atoms with Crippen LogP contribution in [0.4, 0.5) is 4.79 Å². The molecule has 2 fully saturated rings. The third-order valence-electron chi connectivity index (χ3n) is 4.28. The summed E-state index contributed by atoms with van der Waals surface area (Å²) >= 11 is 5.75. The highest BCUT2D eigenvalue weighted by molar-refractivity contribution is 6.30. The van der Waals surface area contributed by atoms with Gasteiger partial charge in [0.2, 0.25) is 0 Å². The fourth-order valence-electron chi connectivity index (χ4n) is 3.02. The molecular formula is C15H21ClN4O2. The van der Waals surface area contributed by atoms with Gasteiger partial charge in [0.1, 0.15) is 6.10 Å². The van der Waals surface area contributed by atoms with Gasteiger partial charge in [0.25, 0.3) is 0 Å². The van der Waals surface area contributed by atoms with Gasteiger partial charge in [0.15, 0.2) is 0 Å². The van der Waals surface area contributed by atoms with Gasteiger partial charge < -0.3 is 15.0 Å². The Balaban J connectivity index is 1.43. The van der Waals surface area contributed by atoms with Gasteiger partial charge >= 0.3 is 12.0 Å². The minimum Gasteiger partial charge on any atom is -0.460 e. The van der Waals surface area contributed by atoms with Crippen LogP contribution in [0.2, 0.25) is 5.02 Å². The Bertz CT molecular complexity index is 497. The van der Waals surface area contributed by atoms with Gasteiger partial charge in [-0.05, 0) is 12.8 Å². The minimum absolute atomic E-state index is 0.0525. The number of rotatable bonds is 3. The smallest absolute Gasteiger partial charge is 0.317 e. The number of hydrogen-bond acceptors (Lipinski definition) is 4. The predicted molar refractivity (Wildman–Crippen MR) is 83.1 cm³/mol. The van der Waals surface area contributed by atoms with E-state index in [1.165, 1.54) is 25.2 Å². The minimum atomic E-state index is 0.0525. The molecule has 1 aliphatic heterocycles. The molecule has 120 valence electrons. The molecule has 22 heavy (non-hydrogen) atoms. The number of carbonyl (C=O) groups is 1. The molecular weight excluding hydrogens is 304 g/mol. The van der Waals surface area contributed by atoms with Crippen molar-refractivity contribution >= 4 is 17.6 Å². The van der Waals surface area contributed by atoms with Gasteiger partial charge in [-0.25, -0.2) is 14.8 Å². The molecule has 7 heteroatoms. The fourth-order valence-corrected chi connectivity index (χ4v) is 3.12. The molecule has 0 unspecified atom stereocenters. The fraction of sp³-hybridized carbons (Fsp3) is 0.667. The van der Waals surface area contributed by atoms with E-state index in [9.17, 15) is 4.79 Å². The van der Waals surface area contributed by atoms with Crippen LogP contribution < -0.4 is 10.1 Å². The number of ether oxygens (including phenoxy) is 1. The zero-order chi connectivity index (χ0) is 15.4. The second kappa shape index (κ2) is 7.13. The van der Waals surface area contributed by atoms with Gasteiger partial charge in [-0.1, -0.05) is 24.4 Å². The molecule has 0 aromatic carbocycles. The summed E-state index contributed by atoms with van der Waals surface area (Å²) in [5, 5.41) is 3.62. The number of carbonyl (C=O) groups excluding carboxylic acids is 1. The van der Waals surface area contributed by atoms with Crippen LogP contribution in [0.25, 0.3) is 0 Å². The summed E-state index contributed by atoms with van der Waals surface area (Å²) in [5.41, 5.74) is 0. The number of nitrogens with one attached hydrogen (secondary N) is 1. The SMILES string of the molecule is O=C(NC1CCCC1)N1CCC(Oc2ncc(Cl)cn2)CC1. The summed E-state index contributed by atoms with van der Waals surface area (Å²) in [4.78, 5) is 22.1. The first-order chi connectivity index (χ1) is 10.7. The highest BCUT2D eigenvalue weighted by Crippen LogP contribution is 2.20. The van der Waals surface area contributed by atoms with E-state index in [1.807, 2.05) is 4.90 Å². The van der Waals surface area contributed by atoms with Crippen LogP contribution in [-0.2, 0) is 0 Å². The summed E-state index contributed by atoms with van der Waals surface area (Å²) < 4.78 is 5.73. The molecule has 0 spiro atoms. The number of amides is 2. The molecule has 2 heterocycles. The summed E-state index contributed by atoms with van der Waals surface area (Å²) in [6, 6.07) is 0.773. The van der Waals surface area contributed by atoms with E-state index in [1.54, 1.807) is 0 Å². The lowest BCUT2D eigenvalue weighted by Gasteiger charge is -2.32. The van der Waals surface area contributed by atoms with Crippen LogP contribution in [0.5, 0.6) is 6.01 Å². The van der Waals surface area contributed by atoms with E-state index in [0.717, 1.165) is 25.7 Å². The highest BCUT2D eigenvalue weighted by Gasteiger charge is 2.26. The molecule has 1 saturated heterocycles. The van der Waals surface area contributed by atoms with Crippen LogP contribution in [0.15, 0.2) is 12.4 Å². The van der Waals surface area contributed by atoms with E-state index in [2.05, 4.69) is 15.3 Å². The van der Waals surface area contributed by atoms with Crippen molar-refractivity contribution in [1.29, 1.82) is 0 Å². The molecule has 2 amide bonds. The first-order valence-electron chi connectivity index (χ1n) is 7.90. The number of likely N-dealkylation sites (tertiary alicyclic amines) is 1. The highest BCUT2D eigenvalue weighted by atomic mass is 35.5. The largest absolute Gasteiger partial charge is 0.460 e. The van der Waals surface area contributed by atoms with Crippen LogP contribution in [0.1, 0.15) is 38.5 Å². The number of hydrogen-bond donors (Lipinski definition) is 1.